The van der Waals surface area contributed by atoms with Crippen LogP contribution in [0.1, 0.15) is 27.5 Å². The Morgan fingerprint density at radius 3 is 2.62 bits per heavy atom. The van der Waals surface area contributed by atoms with Crippen molar-refractivity contribution >= 4 is 16.9 Å². The minimum atomic E-state index is -0.923. The molecule has 2 heterocycles. The van der Waals surface area contributed by atoms with Crippen LogP contribution in [-0.2, 0) is 0 Å². The molecule has 0 saturated carbocycles. The molecular formula is C19H15N3O2. The highest BCUT2D eigenvalue weighted by Gasteiger charge is 2.19. The van der Waals surface area contributed by atoms with Crippen LogP contribution >= 0.6 is 0 Å². The van der Waals surface area contributed by atoms with E-state index in [-0.39, 0.29) is 11.6 Å². The monoisotopic (exact) mass is 317 g/mol. The summed E-state index contributed by atoms with van der Waals surface area (Å²) >= 11 is 0. The number of imidazole rings is 1. The van der Waals surface area contributed by atoms with Crippen molar-refractivity contribution in [2.45, 2.75) is 6.04 Å². The number of carboxylic acids is 1. The van der Waals surface area contributed by atoms with Gasteiger partial charge in [0.25, 0.3) is 0 Å². The first-order valence-electron chi connectivity index (χ1n) is 7.61. The van der Waals surface area contributed by atoms with Gasteiger partial charge < -0.3 is 14.7 Å². The molecule has 0 spiro atoms. The van der Waals surface area contributed by atoms with Crippen molar-refractivity contribution in [2.24, 2.45) is 0 Å². The minimum Gasteiger partial charge on any atom is -0.478 e. The third kappa shape index (κ3) is 2.36. The topological polar surface area (TPSA) is 70.9 Å². The molecule has 5 heteroatoms. The number of aromatic nitrogens is 3. The van der Waals surface area contributed by atoms with Crippen molar-refractivity contribution < 1.29 is 9.90 Å². The van der Waals surface area contributed by atoms with Gasteiger partial charge in [0.1, 0.15) is 0 Å². The van der Waals surface area contributed by atoms with Crippen LogP contribution in [0.2, 0.25) is 0 Å². The lowest BCUT2D eigenvalue weighted by molar-refractivity contribution is 0.0697. The summed E-state index contributed by atoms with van der Waals surface area (Å²) in [4.78, 5) is 18.6. The van der Waals surface area contributed by atoms with Gasteiger partial charge in [0, 0.05) is 35.1 Å². The molecule has 0 fully saturated rings. The van der Waals surface area contributed by atoms with Gasteiger partial charge in [-0.05, 0) is 23.8 Å². The average Bonchev–Trinajstić information content (AvgIpc) is 3.27. The summed E-state index contributed by atoms with van der Waals surface area (Å²) in [6.07, 6.45) is 7.43. The van der Waals surface area contributed by atoms with Gasteiger partial charge in [-0.3, -0.25) is 0 Å². The van der Waals surface area contributed by atoms with E-state index in [1.807, 2.05) is 47.3 Å². The highest BCUT2D eigenvalue weighted by Crippen LogP contribution is 2.32. The summed E-state index contributed by atoms with van der Waals surface area (Å²) in [5.74, 6) is -0.923. The predicted octanol–water partition coefficient (Wildman–Crippen LogP) is 3.70. The molecule has 5 nitrogen and oxygen atoms in total. The van der Waals surface area contributed by atoms with Crippen molar-refractivity contribution in [1.29, 1.82) is 0 Å². The second kappa shape index (κ2) is 5.70. The van der Waals surface area contributed by atoms with Crippen LogP contribution in [-0.4, -0.2) is 25.6 Å². The van der Waals surface area contributed by atoms with E-state index < -0.39 is 5.97 Å². The Hall–Kier alpha value is -3.34. The van der Waals surface area contributed by atoms with Crippen molar-refractivity contribution in [3.05, 3.63) is 90.1 Å². The zero-order chi connectivity index (χ0) is 16.5. The van der Waals surface area contributed by atoms with Crippen LogP contribution < -0.4 is 0 Å². The van der Waals surface area contributed by atoms with E-state index >= 15 is 0 Å². The molecule has 0 amide bonds. The molecule has 0 aliphatic rings. The maximum Gasteiger partial charge on any atom is 0.335 e. The SMILES string of the molecule is O=C(O)c1ccc(C(c2c[nH]c3ccccc23)n2ccnc2)cc1. The van der Waals surface area contributed by atoms with Crippen molar-refractivity contribution in [2.75, 3.05) is 0 Å². The molecule has 2 N–H and O–H groups in total. The zero-order valence-electron chi connectivity index (χ0n) is 12.8. The van der Waals surface area contributed by atoms with Gasteiger partial charge in [0.2, 0.25) is 0 Å². The Balaban J connectivity index is 1.88. The number of para-hydroxylation sites is 1. The highest BCUT2D eigenvalue weighted by molar-refractivity contribution is 5.87. The van der Waals surface area contributed by atoms with Gasteiger partial charge in [-0.1, -0.05) is 30.3 Å². The molecule has 2 aromatic carbocycles. The standard InChI is InChI=1S/C19H15N3O2/c23-19(24)14-7-5-13(6-8-14)18(22-10-9-20-12-22)16-11-21-17-4-2-1-3-15(16)17/h1-12,18,21H,(H,23,24). The van der Waals surface area contributed by atoms with Gasteiger partial charge in [-0.2, -0.15) is 0 Å². The third-order valence-corrected chi connectivity index (χ3v) is 4.21. The molecule has 4 rings (SSSR count). The number of H-pyrrole nitrogens is 1. The molecule has 1 atom stereocenters. The minimum absolute atomic E-state index is 0.0773. The van der Waals surface area contributed by atoms with Crippen LogP contribution in [0.15, 0.2) is 73.4 Å². The number of rotatable bonds is 4. The molecule has 0 saturated heterocycles. The number of aromatic amines is 1. The number of hydrogen-bond acceptors (Lipinski definition) is 2. The Bertz CT molecular complexity index is 985. The predicted molar refractivity (Wildman–Crippen MR) is 91.2 cm³/mol. The lowest BCUT2D eigenvalue weighted by Crippen LogP contribution is -2.10. The van der Waals surface area contributed by atoms with E-state index in [2.05, 4.69) is 16.0 Å². The van der Waals surface area contributed by atoms with E-state index in [0.29, 0.717) is 0 Å². The molecule has 0 bridgehead atoms. The van der Waals surface area contributed by atoms with Crippen molar-refractivity contribution in [1.82, 2.24) is 14.5 Å². The van der Waals surface area contributed by atoms with Gasteiger partial charge in [-0.15, -0.1) is 0 Å². The molecule has 24 heavy (non-hydrogen) atoms. The van der Waals surface area contributed by atoms with Crippen LogP contribution in [0, 0.1) is 0 Å². The fraction of sp³-hybridized carbons (Fsp3) is 0.0526. The molecule has 4 aromatic rings. The third-order valence-electron chi connectivity index (χ3n) is 4.21. The maximum absolute atomic E-state index is 11.1. The van der Waals surface area contributed by atoms with Crippen LogP contribution in [0.3, 0.4) is 0 Å². The number of carbonyl (C=O) groups is 1. The summed E-state index contributed by atoms with van der Waals surface area (Å²) in [7, 11) is 0. The lowest BCUT2D eigenvalue weighted by Gasteiger charge is -2.19. The second-order valence-electron chi connectivity index (χ2n) is 5.63. The van der Waals surface area contributed by atoms with E-state index in [0.717, 1.165) is 22.0 Å². The molecule has 1 unspecified atom stereocenters. The first-order chi connectivity index (χ1) is 11.7. The Kier molecular flexibility index (Phi) is 3.39. The number of carboxylic acid groups (broad SMARTS) is 1. The van der Waals surface area contributed by atoms with Crippen LogP contribution in [0.25, 0.3) is 10.9 Å². The maximum atomic E-state index is 11.1. The Morgan fingerprint density at radius 1 is 1.12 bits per heavy atom. The van der Waals surface area contributed by atoms with Gasteiger partial charge in [0.05, 0.1) is 17.9 Å². The number of aromatic carboxylic acids is 1. The fourth-order valence-corrected chi connectivity index (χ4v) is 3.06. The number of nitrogens with one attached hydrogen (secondary N) is 1. The second-order valence-corrected chi connectivity index (χ2v) is 5.63. The summed E-state index contributed by atoms with van der Waals surface area (Å²) in [5.41, 5.74) is 3.47. The smallest absolute Gasteiger partial charge is 0.335 e. The van der Waals surface area contributed by atoms with Gasteiger partial charge >= 0.3 is 5.97 Å². The number of fused-ring (bicyclic) bond motifs is 1. The molecular weight excluding hydrogens is 302 g/mol. The molecule has 118 valence electrons. The van der Waals surface area contributed by atoms with Gasteiger partial charge in [-0.25, -0.2) is 9.78 Å². The quantitative estimate of drug-likeness (QED) is 0.603. The van der Waals surface area contributed by atoms with Crippen LogP contribution in [0.5, 0.6) is 0 Å². The van der Waals surface area contributed by atoms with E-state index in [9.17, 15) is 4.79 Å². The normalized spacial score (nSPS) is 12.3. The summed E-state index contributed by atoms with van der Waals surface area (Å²) < 4.78 is 2.02. The first-order valence-corrected chi connectivity index (χ1v) is 7.61. The van der Waals surface area contributed by atoms with Crippen molar-refractivity contribution in [3.8, 4) is 0 Å². The van der Waals surface area contributed by atoms with E-state index in [1.54, 1.807) is 24.7 Å². The molecule has 0 radical (unpaired) electrons. The lowest BCUT2D eigenvalue weighted by atomic mass is 9.97. The van der Waals surface area contributed by atoms with Gasteiger partial charge in [0.15, 0.2) is 0 Å². The summed E-state index contributed by atoms with van der Waals surface area (Å²) in [6.45, 7) is 0. The Labute approximate surface area is 138 Å². The average molecular weight is 317 g/mol. The number of benzene rings is 2. The van der Waals surface area contributed by atoms with E-state index in [4.69, 9.17) is 5.11 Å². The summed E-state index contributed by atoms with van der Waals surface area (Å²) in [6, 6.07) is 15.0. The largest absolute Gasteiger partial charge is 0.478 e. The number of hydrogen-bond donors (Lipinski definition) is 2. The first kappa shape index (κ1) is 14.3. The Morgan fingerprint density at radius 2 is 1.92 bits per heavy atom. The molecule has 0 aliphatic carbocycles. The van der Waals surface area contributed by atoms with E-state index in [1.165, 1.54) is 0 Å². The zero-order valence-corrected chi connectivity index (χ0v) is 12.8. The number of nitrogens with zero attached hydrogens (tertiary/aromatic N) is 2. The van der Waals surface area contributed by atoms with Crippen LogP contribution in [0.4, 0.5) is 0 Å². The summed E-state index contributed by atoms with van der Waals surface area (Å²) in [5, 5.41) is 10.2. The fourth-order valence-electron chi connectivity index (χ4n) is 3.06. The molecule has 2 aromatic heterocycles. The van der Waals surface area contributed by atoms with Crippen molar-refractivity contribution in [3.63, 3.8) is 0 Å². The molecule has 0 aliphatic heterocycles. The highest BCUT2D eigenvalue weighted by atomic mass is 16.4.